The highest BCUT2D eigenvalue weighted by Crippen LogP contribution is 2.27. The van der Waals surface area contributed by atoms with E-state index in [1.54, 1.807) is 0 Å². The Morgan fingerprint density at radius 2 is 1.93 bits per heavy atom. The average Bonchev–Trinajstić information content (AvgIpc) is 2.56. The molecule has 1 nitrogen and oxygen atoms in total. The maximum absolute atomic E-state index is 2.62. The summed E-state index contributed by atoms with van der Waals surface area (Å²) in [6.45, 7) is 7.22. The van der Waals surface area contributed by atoms with E-state index in [0.717, 1.165) is 0 Å². The van der Waals surface area contributed by atoms with Crippen molar-refractivity contribution in [2.75, 3.05) is 13.1 Å². The minimum absolute atomic E-state index is 0.425. The number of likely N-dealkylation sites (tertiary alicyclic amines) is 1. The van der Waals surface area contributed by atoms with E-state index in [-0.39, 0.29) is 0 Å². The molecule has 0 bridgehead atoms. The summed E-state index contributed by atoms with van der Waals surface area (Å²) in [7, 11) is 0. The fourth-order valence-electron chi connectivity index (χ4n) is 2.49. The summed E-state index contributed by atoms with van der Waals surface area (Å²) in [6.07, 6.45) is 3.90. The van der Waals surface area contributed by atoms with Crippen molar-refractivity contribution in [3.63, 3.8) is 0 Å². The highest BCUT2D eigenvalue weighted by Gasteiger charge is 2.30. The first kappa shape index (κ1) is 10.7. The summed E-state index contributed by atoms with van der Waals surface area (Å²) in [5.74, 6) is 0. The predicted octanol–water partition coefficient (Wildman–Crippen LogP) is 3.10. The Bertz CT molecular complexity index is 302. The minimum Gasteiger partial charge on any atom is -0.298 e. The Morgan fingerprint density at radius 1 is 1.20 bits per heavy atom. The zero-order valence-electron chi connectivity index (χ0n) is 9.87. The van der Waals surface area contributed by atoms with Gasteiger partial charge in [0.2, 0.25) is 0 Å². The third-order valence-electron chi connectivity index (χ3n) is 3.59. The molecule has 0 aliphatic carbocycles. The molecule has 15 heavy (non-hydrogen) atoms. The van der Waals surface area contributed by atoms with Gasteiger partial charge >= 0.3 is 0 Å². The van der Waals surface area contributed by atoms with Crippen LogP contribution in [0.2, 0.25) is 0 Å². The second-order valence-electron chi connectivity index (χ2n) is 5.14. The molecule has 1 saturated heterocycles. The van der Waals surface area contributed by atoms with Crippen LogP contribution in [0.4, 0.5) is 0 Å². The van der Waals surface area contributed by atoms with Gasteiger partial charge in [-0.2, -0.15) is 0 Å². The summed E-state index contributed by atoms with van der Waals surface area (Å²) in [5.41, 5.74) is 1.88. The third kappa shape index (κ3) is 2.60. The lowest BCUT2D eigenvalue weighted by Gasteiger charge is -2.31. The monoisotopic (exact) mass is 203 g/mol. The molecule has 0 atom stereocenters. The maximum Gasteiger partial charge on any atom is 0.0153 e. The van der Waals surface area contributed by atoms with Crippen LogP contribution in [0.25, 0.3) is 0 Å². The van der Waals surface area contributed by atoms with Crippen LogP contribution < -0.4 is 0 Å². The van der Waals surface area contributed by atoms with Crippen LogP contribution in [-0.4, -0.2) is 23.5 Å². The van der Waals surface area contributed by atoms with E-state index >= 15 is 0 Å². The van der Waals surface area contributed by atoms with Gasteiger partial charge < -0.3 is 0 Å². The van der Waals surface area contributed by atoms with Crippen molar-refractivity contribution >= 4 is 0 Å². The van der Waals surface area contributed by atoms with E-state index in [2.05, 4.69) is 49.1 Å². The molecular weight excluding hydrogens is 182 g/mol. The summed E-state index contributed by atoms with van der Waals surface area (Å²) >= 11 is 0. The molecule has 1 fully saturated rings. The molecule has 1 heterocycles. The van der Waals surface area contributed by atoms with Gasteiger partial charge in [0, 0.05) is 12.1 Å². The van der Waals surface area contributed by atoms with E-state index in [4.69, 9.17) is 0 Å². The predicted molar refractivity (Wildman–Crippen MR) is 65.0 cm³/mol. The molecule has 0 unspecified atom stereocenters. The Kier molecular flexibility index (Phi) is 3.11. The molecule has 1 aromatic rings. The number of hydrogen-bond acceptors (Lipinski definition) is 1. The van der Waals surface area contributed by atoms with Crippen molar-refractivity contribution in [3.05, 3.63) is 35.9 Å². The average molecular weight is 203 g/mol. The second kappa shape index (κ2) is 4.36. The molecule has 1 aromatic carbocycles. The molecule has 0 aromatic heterocycles. The molecule has 82 valence electrons. The molecule has 0 amide bonds. The minimum atomic E-state index is 0.425. The van der Waals surface area contributed by atoms with Crippen LogP contribution in [0.1, 0.15) is 32.3 Å². The van der Waals surface area contributed by atoms with Crippen molar-refractivity contribution in [2.24, 2.45) is 0 Å². The summed E-state index contributed by atoms with van der Waals surface area (Å²) in [6, 6.07) is 10.8. The van der Waals surface area contributed by atoms with Gasteiger partial charge in [0.25, 0.3) is 0 Å². The van der Waals surface area contributed by atoms with E-state index < -0.39 is 0 Å². The van der Waals surface area contributed by atoms with E-state index in [0.29, 0.717) is 5.54 Å². The van der Waals surface area contributed by atoms with E-state index in [1.165, 1.54) is 37.9 Å². The summed E-state index contributed by atoms with van der Waals surface area (Å²) in [5, 5.41) is 0. The van der Waals surface area contributed by atoms with Crippen molar-refractivity contribution in [1.29, 1.82) is 0 Å². The quantitative estimate of drug-likeness (QED) is 0.729. The van der Waals surface area contributed by atoms with Gasteiger partial charge in [0.15, 0.2) is 0 Å². The smallest absolute Gasteiger partial charge is 0.0153 e. The van der Waals surface area contributed by atoms with Crippen molar-refractivity contribution in [2.45, 2.75) is 38.6 Å². The Balaban J connectivity index is 1.89. The van der Waals surface area contributed by atoms with Crippen molar-refractivity contribution in [1.82, 2.24) is 4.90 Å². The van der Waals surface area contributed by atoms with Crippen LogP contribution in [-0.2, 0) is 6.42 Å². The zero-order chi connectivity index (χ0) is 10.7. The topological polar surface area (TPSA) is 3.24 Å². The lowest BCUT2D eigenvalue weighted by molar-refractivity contribution is 0.177. The molecule has 1 aliphatic heterocycles. The van der Waals surface area contributed by atoms with Gasteiger partial charge in [-0.05, 0) is 45.2 Å². The third-order valence-corrected chi connectivity index (χ3v) is 3.59. The van der Waals surface area contributed by atoms with Gasteiger partial charge in [0.1, 0.15) is 0 Å². The van der Waals surface area contributed by atoms with Crippen LogP contribution in [0, 0.1) is 0 Å². The zero-order valence-corrected chi connectivity index (χ0v) is 9.87. The molecule has 0 saturated carbocycles. The number of nitrogens with zero attached hydrogens (tertiary/aromatic N) is 1. The normalized spacial score (nSPS) is 20.7. The van der Waals surface area contributed by atoms with Crippen LogP contribution in [0.3, 0.4) is 0 Å². The standard InChI is InChI=1S/C14H21N/c1-14(2)10-6-11-15(14)12-9-13-7-4-3-5-8-13/h3-5,7-8H,6,9-12H2,1-2H3. The van der Waals surface area contributed by atoms with Crippen LogP contribution in [0.5, 0.6) is 0 Å². The van der Waals surface area contributed by atoms with Gasteiger partial charge in [0.05, 0.1) is 0 Å². The highest BCUT2D eigenvalue weighted by atomic mass is 15.2. The number of hydrogen-bond donors (Lipinski definition) is 0. The van der Waals surface area contributed by atoms with Gasteiger partial charge in [-0.3, -0.25) is 4.90 Å². The maximum atomic E-state index is 2.62. The number of rotatable bonds is 3. The summed E-state index contributed by atoms with van der Waals surface area (Å²) < 4.78 is 0. The fraction of sp³-hybridized carbons (Fsp3) is 0.571. The Morgan fingerprint density at radius 3 is 2.53 bits per heavy atom. The van der Waals surface area contributed by atoms with Crippen molar-refractivity contribution in [3.8, 4) is 0 Å². The molecule has 0 radical (unpaired) electrons. The molecule has 1 aliphatic rings. The Hall–Kier alpha value is -0.820. The van der Waals surface area contributed by atoms with Gasteiger partial charge in [-0.15, -0.1) is 0 Å². The molecular formula is C14H21N. The molecule has 2 rings (SSSR count). The van der Waals surface area contributed by atoms with Crippen LogP contribution >= 0.6 is 0 Å². The first-order valence-corrected chi connectivity index (χ1v) is 5.97. The van der Waals surface area contributed by atoms with Crippen molar-refractivity contribution < 1.29 is 0 Å². The van der Waals surface area contributed by atoms with Crippen LogP contribution in [0.15, 0.2) is 30.3 Å². The lowest BCUT2D eigenvalue weighted by Crippen LogP contribution is -2.39. The second-order valence-corrected chi connectivity index (χ2v) is 5.14. The molecule has 0 N–H and O–H groups in total. The largest absolute Gasteiger partial charge is 0.298 e. The Labute approximate surface area is 93.1 Å². The molecule has 0 spiro atoms. The first-order chi connectivity index (χ1) is 7.18. The SMILES string of the molecule is CC1(C)CCCN1CCc1ccccc1. The van der Waals surface area contributed by atoms with E-state index in [9.17, 15) is 0 Å². The number of benzene rings is 1. The highest BCUT2D eigenvalue weighted by molar-refractivity contribution is 5.15. The van der Waals surface area contributed by atoms with Gasteiger partial charge in [-0.25, -0.2) is 0 Å². The summed E-state index contributed by atoms with van der Waals surface area (Å²) in [4.78, 5) is 2.62. The van der Waals surface area contributed by atoms with Gasteiger partial charge in [-0.1, -0.05) is 30.3 Å². The molecule has 1 heteroatoms. The fourth-order valence-corrected chi connectivity index (χ4v) is 2.49. The first-order valence-electron chi connectivity index (χ1n) is 5.97. The lowest BCUT2D eigenvalue weighted by atomic mass is 10.0. The van der Waals surface area contributed by atoms with E-state index in [1.807, 2.05) is 0 Å².